The van der Waals surface area contributed by atoms with Crippen molar-refractivity contribution < 1.29 is 23.1 Å². The largest absolute Gasteiger partial charge is 0.478 e. The Morgan fingerprint density at radius 3 is 1.93 bits per heavy atom. The Morgan fingerprint density at radius 2 is 1.39 bits per heavy atom. The summed E-state index contributed by atoms with van der Waals surface area (Å²) in [5.41, 5.74) is -0.0224. The molecule has 10 heteroatoms. The van der Waals surface area contributed by atoms with Crippen molar-refractivity contribution in [3.05, 3.63) is 63.6 Å². The summed E-state index contributed by atoms with van der Waals surface area (Å²) < 4.78 is 27.0. The first-order chi connectivity index (χ1) is 13.2. The fourth-order valence-electron chi connectivity index (χ4n) is 3.02. The highest BCUT2D eigenvalue weighted by Gasteiger charge is 2.33. The van der Waals surface area contributed by atoms with E-state index in [4.69, 9.17) is 23.2 Å². The predicted molar refractivity (Wildman–Crippen MR) is 105 cm³/mol. The van der Waals surface area contributed by atoms with Crippen molar-refractivity contribution in [1.82, 2.24) is 9.21 Å². The van der Waals surface area contributed by atoms with E-state index in [-0.39, 0.29) is 52.2 Å². The van der Waals surface area contributed by atoms with Gasteiger partial charge in [-0.15, -0.1) is 0 Å². The van der Waals surface area contributed by atoms with Crippen molar-refractivity contribution in [3.8, 4) is 0 Å². The van der Waals surface area contributed by atoms with E-state index in [2.05, 4.69) is 0 Å². The molecule has 1 aliphatic rings. The molecule has 0 saturated carbocycles. The van der Waals surface area contributed by atoms with Crippen LogP contribution in [0.1, 0.15) is 20.7 Å². The van der Waals surface area contributed by atoms with Gasteiger partial charge < -0.3 is 10.0 Å². The molecule has 148 valence electrons. The van der Waals surface area contributed by atoms with Crippen LogP contribution in [0.4, 0.5) is 0 Å². The molecule has 0 unspecified atom stereocenters. The monoisotopic (exact) mass is 442 g/mol. The molecule has 0 aliphatic carbocycles. The van der Waals surface area contributed by atoms with Gasteiger partial charge in [0.25, 0.3) is 5.91 Å². The molecule has 1 saturated heterocycles. The minimum atomic E-state index is -3.92. The van der Waals surface area contributed by atoms with Gasteiger partial charge >= 0.3 is 5.97 Å². The molecule has 0 atom stereocenters. The van der Waals surface area contributed by atoms with Gasteiger partial charge in [-0.05, 0) is 24.3 Å². The van der Waals surface area contributed by atoms with Crippen LogP contribution in [0.25, 0.3) is 0 Å². The molecule has 2 aromatic rings. The van der Waals surface area contributed by atoms with Crippen molar-refractivity contribution in [1.29, 1.82) is 0 Å². The fraction of sp³-hybridized carbons (Fsp3) is 0.222. The molecule has 1 heterocycles. The van der Waals surface area contributed by atoms with Crippen LogP contribution in [0.15, 0.2) is 47.4 Å². The standard InChI is InChI=1S/C18H16Cl2N2O5S/c19-14-6-3-7-15(20)16(14)28(26,27)22-10-8-21(9-11-22)17(23)12-4-1-2-5-13(12)18(24)25/h1-7H,8-11H2,(H,24,25). The van der Waals surface area contributed by atoms with E-state index in [0.29, 0.717) is 0 Å². The summed E-state index contributed by atoms with van der Waals surface area (Å²) in [5, 5.41) is 9.31. The van der Waals surface area contributed by atoms with Crippen LogP contribution in [-0.2, 0) is 10.0 Å². The van der Waals surface area contributed by atoms with Crippen LogP contribution < -0.4 is 0 Å². The summed E-state index contributed by atoms with van der Waals surface area (Å²) >= 11 is 12.1. The topological polar surface area (TPSA) is 95.0 Å². The van der Waals surface area contributed by atoms with E-state index in [0.717, 1.165) is 0 Å². The van der Waals surface area contributed by atoms with Gasteiger partial charge in [0.15, 0.2) is 0 Å². The number of hydrogen-bond donors (Lipinski definition) is 1. The third-order valence-corrected chi connectivity index (χ3v) is 7.29. The SMILES string of the molecule is O=C(O)c1ccccc1C(=O)N1CCN(S(=O)(=O)c2c(Cl)cccc2Cl)CC1. The van der Waals surface area contributed by atoms with Gasteiger partial charge in [-0.3, -0.25) is 4.79 Å². The Morgan fingerprint density at radius 1 is 0.857 bits per heavy atom. The fourth-order valence-corrected chi connectivity index (χ4v) is 5.53. The summed E-state index contributed by atoms with van der Waals surface area (Å²) in [5.74, 6) is -1.65. The lowest BCUT2D eigenvalue weighted by atomic mass is 10.1. The zero-order valence-corrected chi connectivity index (χ0v) is 16.8. The number of nitrogens with zero attached hydrogens (tertiary/aromatic N) is 2. The van der Waals surface area contributed by atoms with E-state index >= 15 is 0 Å². The molecule has 1 aliphatic heterocycles. The number of aromatic carboxylic acids is 1. The zero-order valence-electron chi connectivity index (χ0n) is 14.5. The number of amides is 1. The first-order valence-corrected chi connectivity index (χ1v) is 10.5. The van der Waals surface area contributed by atoms with Crippen molar-refractivity contribution in [3.63, 3.8) is 0 Å². The second-order valence-electron chi connectivity index (χ2n) is 6.10. The van der Waals surface area contributed by atoms with Gasteiger partial charge in [-0.2, -0.15) is 4.31 Å². The maximum absolute atomic E-state index is 12.9. The Balaban J connectivity index is 1.78. The molecular formula is C18H16Cl2N2O5S. The molecule has 0 spiro atoms. The number of carbonyl (C=O) groups is 2. The normalized spacial score (nSPS) is 15.4. The summed E-state index contributed by atoms with van der Waals surface area (Å²) in [4.78, 5) is 25.3. The zero-order chi connectivity index (χ0) is 20.5. The van der Waals surface area contributed by atoms with Gasteiger partial charge in [-0.25, -0.2) is 13.2 Å². The van der Waals surface area contributed by atoms with Crippen LogP contribution >= 0.6 is 23.2 Å². The van der Waals surface area contributed by atoms with Crippen molar-refractivity contribution in [2.24, 2.45) is 0 Å². The minimum Gasteiger partial charge on any atom is -0.478 e. The molecule has 7 nitrogen and oxygen atoms in total. The molecule has 1 amide bonds. The van der Waals surface area contributed by atoms with E-state index in [1.54, 1.807) is 12.1 Å². The first kappa shape index (κ1) is 20.6. The second-order valence-corrected chi connectivity index (χ2v) is 8.79. The van der Waals surface area contributed by atoms with Crippen LogP contribution in [0.3, 0.4) is 0 Å². The number of halogens is 2. The maximum Gasteiger partial charge on any atom is 0.336 e. The Hall–Kier alpha value is -2.13. The summed E-state index contributed by atoms with van der Waals surface area (Å²) in [6, 6.07) is 10.4. The number of carboxylic acid groups (broad SMARTS) is 1. The predicted octanol–water partition coefficient (Wildman–Crippen LogP) is 2.84. The smallest absolute Gasteiger partial charge is 0.336 e. The Kier molecular flexibility index (Phi) is 5.95. The molecule has 0 aromatic heterocycles. The Labute approximate surface area is 172 Å². The highest BCUT2D eigenvalue weighted by Crippen LogP contribution is 2.32. The number of piperazine rings is 1. The number of carbonyl (C=O) groups excluding carboxylic acids is 1. The van der Waals surface area contributed by atoms with E-state index in [9.17, 15) is 23.1 Å². The average molecular weight is 443 g/mol. The lowest BCUT2D eigenvalue weighted by Crippen LogP contribution is -2.50. The molecule has 2 aromatic carbocycles. The molecular weight excluding hydrogens is 427 g/mol. The maximum atomic E-state index is 12.9. The molecule has 0 radical (unpaired) electrons. The van der Waals surface area contributed by atoms with Gasteiger partial charge in [0.05, 0.1) is 21.2 Å². The van der Waals surface area contributed by atoms with Crippen molar-refractivity contribution in [2.45, 2.75) is 4.90 Å². The van der Waals surface area contributed by atoms with Gasteiger partial charge in [0.2, 0.25) is 10.0 Å². The minimum absolute atomic E-state index is 0.0291. The van der Waals surface area contributed by atoms with Crippen LogP contribution in [0, 0.1) is 0 Å². The number of benzene rings is 2. The Bertz CT molecular complexity index is 1010. The van der Waals surface area contributed by atoms with Crippen LogP contribution in [-0.4, -0.2) is 60.8 Å². The molecule has 3 rings (SSSR count). The number of rotatable bonds is 4. The highest BCUT2D eigenvalue weighted by atomic mass is 35.5. The quantitative estimate of drug-likeness (QED) is 0.784. The van der Waals surface area contributed by atoms with E-state index in [1.807, 2.05) is 0 Å². The summed E-state index contributed by atoms with van der Waals surface area (Å²) in [6.07, 6.45) is 0. The average Bonchev–Trinajstić information content (AvgIpc) is 2.67. The summed E-state index contributed by atoms with van der Waals surface area (Å²) in [6.45, 7) is 0.331. The van der Waals surface area contributed by atoms with Crippen LogP contribution in [0.5, 0.6) is 0 Å². The molecule has 28 heavy (non-hydrogen) atoms. The molecule has 0 bridgehead atoms. The third-order valence-electron chi connectivity index (χ3n) is 4.43. The highest BCUT2D eigenvalue weighted by molar-refractivity contribution is 7.89. The van der Waals surface area contributed by atoms with Gasteiger partial charge in [-0.1, -0.05) is 41.4 Å². The van der Waals surface area contributed by atoms with Crippen LogP contribution in [0.2, 0.25) is 10.0 Å². The molecule has 1 N–H and O–H groups in total. The number of hydrogen-bond acceptors (Lipinski definition) is 4. The number of sulfonamides is 1. The molecule has 1 fully saturated rings. The first-order valence-electron chi connectivity index (χ1n) is 8.29. The lowest BCUT2D eigenvalue weighted by Gasteiger charge is -2.34. The van der Waals surface area contributed by atoms with Gasteiger partial charge in [0, 0.05) is 26.2 Å². The van der Waals surface area contributed by atoms with Crippen molar-refractivity contribution in [2.75, 3.05) is 26.2 Å². The van der Waals surface area contributed by atoms with Crippen molar-refractivity contribution >= 4 is 45.1 Å². The second kappa shape index (κ2) is 8.08. The third kappa shape index (κ3) is 3.86. The number of carboxylic acids is 1. The summed E-state index contributed by atoms with van der Waals surface area (Å²) in [7, 11) is -3.92. The van der Waals surface area contributed by atoms with Gasteiger partial charge in [0.1, 0.15) is 4.90 Å². The van der Waals surface area contributed by atoms with E-state index < -0.39 is 21.9 Å². The van der Waals surface area contributed by atoms with E-state index in [1.165, 1.54) is 39.5 Å². The lowest BCUT2D eigenvalue weighted by molar-refractivity contribution is 0.0656.